The molecule has 0 fully saturated rings. The molecule has 1 aliphatic heterocycles. The van der Waals surface area contributed by atoms with Crippen LogP contribution >= 0.6 is 22.9 Å². The van der Waals surface area contributed by atoms with Gasteiger partial charge in [-0.05, 0) is 60.2 Å². The highest BCUT2D eigenvalue weighted by Crippen LogP contribution is 2.33. The first-order chi connectivity index (χ1) is 14.0. The van der Waals surface area contributed by atoms with Gasteiger partial charge in [-0.3, -0.25) is 14.5 Å². The van der Waals surface area contributed by atoms with Gasteiger partial charge in [0.2, 0.25) is 0 Å². The van der Waals surface area contributed by atoms with E-state index in [0.29, 0.717) is 29.3 Å². The average Bonchev–Trinajstić information content (AvgIpc) is 3.30. The van der Waals surface area contributed by atoms with E-state index in [4.69, 9.17) is 11.6 Å². The lowest BCUT2D eigenvalue weighted by Crippen LogP contribution is -2.34. The Morgan fingerprint density at radius 2 is 1.79 bits per heavy atom. The molecule has 0 saturated heterocycles. The van der Waals surface area contributed by atoms with Gasteiger partial charge in [-0.1, -0.05) is 41.9 Å². The van der Waals surface area contributed by atoms with Gasteiger partial charge in [-0.25, -0.2) is 0 Å². The average molecular weight is 423 g/mol. The molecule has 2 amide bonds. The molecule has 0 saturated carbocycles. The monoisotopic (exact) mass is 422 g/mol. The summed E-state index contributed by atoms with van der Waals surface area (Å²) in [6, 6.07) is 18.9. The van der Waals surface area contributed by atoms with E-state index >= 15 is 0 Å². The number of hydrogen-bond donors (Lipinski definition) is 1. The van der Waals surface area contributed by atoms with E-state index in [1.165, 1.54) is 16.2 Å². The van der Waals surface area contributed by atoms with Crippen LogP contribution in [0.15, 0.2) is 71.7 Å². The highest BCUT2D eigenvalue weighted by atomic mass is 35.5. The number of rotatable bonds is 6. The van der Waals surface area contributed by atoms with Crippen molar-refractivity contribution in [2.75, 3.05) is 11.9 Å². The van der Waals surface area contributed by atoms with Crippen molar-refractivity contribution in [3.05, 3.63) is 92.8 Å². The number of hydrogen-bond acceptors (Lipinski definition) is 4. The van der Waals surface area contributed by atoms with Gasteiger partial charge in [0.15, 0.2) is 0 Å². The predicted molar refractivity (Wildman–Crippen MR) is 118 cm³/mol. The fourth-order valence-corrected chi connectivity index (χ4v) is 4.20. The van der Waals surface area contributed by atoms with Crippen LogP contribution in [0.2, 0.25) is 5.02 Å². The first-order valence-corrected chi connectivity index (χ1v) is 10.5. The molecule has 0 aliphatic carbocycles. The molecule has 6 heteroatoms. The Hall–Kier alpha value is -2.89. The highest BCUT2D eigenvalue weighted by molar-refractivity contribution is 7.11. The molecule has 2 aromatic carbocycles. The molecular formula is C23H19ClN2O2S. The van der Waals surface area contributed by atoms with Crippen molar-refractivity contribution in [2.24, 2.45) is 0 Å². The van der Waals surface area contributed by atoms with E-state index in [-0.39, 0.29) is 11.8 Å². The van der Waals surface area contributed by atoms with Crippen molar-refractivity contribution in [1.29, 1.82) is 0 Å². The molecule has 2 heterocycles. The summed E-state index contributed by atoms with van der Waals surface area (Å²) in [4.78, 5) is 28.4. The van der Waals surface area contributed by atoms with Gasteiger partial charge < -0.3 is 5.32 Å². The summed E-state index contributed by atoms with van der Waals surface area (Å²) in [6.07, 6.45) is 0.574. The zero-order valence-electron chi connectivity index (χ0n) is 15.8. The van der Waals surface area contributed by atoms with E-state index in [0.717, 1.165) is 21.7 Å². The number of carbonyl (C=O) groups excluding carboxylic acids is 2. The maximum atomic E-state index is 13.2. The van der Waals surface area contributed by atoms with Crippen molar-refractivity contribution < 1.29 is 9.59 Å². The fraction of sp³-hybridized carbons (Fsp3) is 0.130. The quantitative estimate of drug-likeness (QED) is 0.559. The Morgan fingerprint density at radius 1 is 1.00 bits per heavy atom. The molecule has 29 heavy (non-hydrogen) atoms. The van der Waals surface area contributed by atoms with Gasteiger partial charge in [0.1, 0.15) is 5.70 Å². The van der Waals surface area contributed by atoms with Crippen molar-refractivity contribution in [3.8, 4) is 0 Å². The number of thiophene rings is 1. The number of amides is 2. The van der Waals surface area contributed by atoms with Crippen LogP contribution in [0.5, 0.6) is 0 Å². The molecule has 0 bridgehead atoms. The Balaban J connectivity index is 1.62. The lowest BCUT2D eigenvalue weighted by Gasteiger charge is -2.15. The molecule has 0 atom stereocenters. The molecule has 4 rings (SSSR count). The summed E-state index contributed by atoms with van der Waals surface area (Å²) in [5.74, 6) is -0.560. The SMILES string of the molecule is Cc1cccc(NC2=C(c3cccs3)C(=O)N(CCc3ccc(Cl)cc3)C2=O)c1. The summed E-state index contributed by atoms with van der Waals surface area (Å²) in [7, 11) is 0. The van der Waals surface area contributed by atoms with Gasteiger partial charge >= 0.3 is 0 Å². The molecule has 146 valence electrons. The summed E-state index contributed by atoms with van der Waals surface area (Å²) in [5, 5.41) is 5.76. The van der Waals surface area contributed by atoms with Crippen LogP contribution in [0, 0.1) is 6.92 Å². The van der Waals surface area contributed by atoms with Gasteiger partial charge in [0, 0.05) is 22.1 Å². The van der Waals surface area contributed by atoms with Crippen molar-refractivity contribution >= 4 is 46.0 Å². The van der Waals surface area contributed by atoms with Crippen LogP contribution in [-0.2, 0) is 16.0 Å². The van der Waals surface area contributed by atoms with Crippen LogP contribution < -0.4 is 5.32 Å². The lowest BCUT2D eigenvalue weighted by molar-refractivity contribution is -0.136. The highest BCUT2D eigenvalue weighted by Gasteiger charge is 2.39. The van der Waals surface area contributed by atoms with E-state index in [9.17, 15) is 9.59 Å². The number of carbonyl (C=O) groups is 2. The first kappa shape index (κ1) is 19.4. The van der Waals surface area contributed by atoms with E-state index in [2.05, 4.69) is 5.32 Å². The molecule has 1 aliphatic rings. The Bertz CT molecular complexity index is 1090. The smallest absolute Gasteiger partial charge is 0.278 e. The Morgan fingerprint density at radius 3 is 2.48 bits per heavy atom. The summed E-state index contributed by atoms with van der Waals surface area (Å²) < 4.78 is 0. The minimum Gasteiger partial charge on any atom is -0.350 e. The number of benzene rings is 2. The fourth-order valence-electron chi connectivity index (χ4n) is 3.30. The van der Waals surface area contributed by atoms with Crippen LogP contribution in [0.4, 0.5) is 5.69 Å². The third kappa shape index (κ3) is 4.11. The second kappa shape index (κ2) is 8.23. The molecular weight excluding hydrogens is 404 g/mol. The second-order valence-electron chi connectivity index (χ2n) is 6.86. The largest absolute Gasteiger partial charge is 0.350 e. The zero-order valence-corrected chi connectivity index (χ0v) is 17.4. The topological polar surface area (TPSA) is 49.4 Å². The summed E-state index contributed by atoms with van der Waals surface area (Å²) in [5.41, 5.74) is 3.65. The normalized spacial score (nSPS) is 14.1. The van der Waals surface area contributed by atoms with Gasteiger partial charge in [-0.2, -0.15) is 0 Å². The third-order valence-corrected chi connectivity index (χ3v) is 5.90. The number of imide groups is 1. The minimum atomic E-state index is -0.297. The maximum Gasteiger partial charge on any atom is 0.278 e. The van der Waals surface area contributed by atoms with E-state index < -0.39 is 0 Å². The van der Waals surface area contributed by atoms with E-state index in [1.807, 2.05) is 73.0 Å². The van der Waals surface area contributed by atoms with Crippen molar-refractivity contribution in [2.45, 2.75) is 13.3 Å². The predicted octanol–water partition coefficient (Wildman–Crippen LogP) is 5.14. The van der Waals surface area contributed by atoms with E-state index in [1.54, 1.807) is 0 Å². The van der Waals surface area contributed by atoms with Crippen LogP contribution in [0.1, 0.15) is 16.0 Å². The van der Waals surface area contributed by atoms with Gasteiger partial charge in [0.05, 0.1) is 5.57 Å². The molecule has 4 nitrogen and oxygen atoms in total. The summed E-state index contributed by atoms with van der Waals surface area (Å²) in [6.45, 7) is 2.30. The lowest BCUT2D eigenvalue weighted by atomic mass is 10.1. The van der Waals surface area contributed by atoms with Crippen LogP contribution in [-0.4, -0.2) is 23.3 Å². The number of halogens is 1. The zero-order chi connectivity index (χ0) is 20.4. The molecule has 0 spiro atoms. The van der Waals surface area contributed by atoms with Crippen molar-refractivity contribution in [3.63, 3.8) is 0 Å². The summed E-state index contributed by atoms with van der Waals surface area (Å²) >= 11 is 7.39. The number of nitrogens with zero attached hydrogens (tertiary/aromatic N) is 1. The minimum absolute atomic E-state index is 0.262. The molecule has 3 aromatic rings. The Labute approximate surface area is 178 Å². The third-order valence-electron chi connectivity index (χ3n) is 4.76. The van der Waals surface area contributed by atoms with Crippen LogP contribution in [0.3, 0.4) is 0 Å². The number of anilines is 1. The molecule has 1 N–H and O–H groups in total. The van der Waals surface area contributed by atoms with Crippen LogP contribution in [0.25, 0.3) is 5.57 Å². The number of nitrogens with one attached hydrogen (secondary N) is 1. The van der Waals surface area contributed by atoms with Gasteiger partial charge in [-0.15, -0.1) is 11.3 Å². The van der Waals surface area contributed by atoms with Crippen molar-refractivity contribution in [1.82, 2.24) is 4.90 Å². The number of aryl methyl sites for hydroxylation is 1. The first-order valence-electron chi connectivity index (χ1n) is 9.25. The Kier molecular flexibility index (Phi) is 5.51. The standard InChI is InChI=1S/C23H19ClN2O2S/c1-15-4-2-5-18(14-15)25-21-20(19-6-3-13-29-19)22(27)26(23(21)28)12-11-16-7-9-17(24)10-8-16/h2-10,13-14,25H,11-12H2,1H3. The van der Waals surface area contributed by atoms with Gasteiger partial charge in [0.25, 0.3) is 11.8 Å². The maximum absolute atomic E-state index is 13.2. The molecule has 0 radical (unpaired) electrons. The molecule has 0 unspecified atom stereocenters. The second-order valence-corrected chi connectivity index (χ2v) is 8.24. The molecule has 1 aromatic heterocycles.